The van der Waals surface area contributed by atoms with Gasteiger partial charge in [0, 0.05) is 18.1 Å². The van der Waals surface area contributed by atoms with Gasteiger partial charge in [-0.3, -0.25) is 0 Å². The van der Waals surface area contributed by atoms with Crippen LogP contribution in [-0.2, 0) is 6.54 Å². The van der Waals surface area contributed by atoms with Crippen molar-refractivity contribution in [3.05, 3.63) is 53.9 Å². The molecule has 1 N–H and O–H groups in total. The molecule has 3 nitrogen and oxygen atoms in total. The monoisotopic (exact) mass is 255 g/mol. The minimum atomic E-state index is 0.774. The molecule has 18 heavy (non-hydrogen) atoms. The summed E-state index contributed by atoms with van der Waals surface area (Å²) in [5.41, 5.74) is 1.28. The largest absolute Gasteiger partial charge is 0.356 e. The molecule has 4 heteroatoms. The van der Waals surface area contributed by atoms with E-state index in [1.165, 1.54) is 27.9 Å². The van der Waals surface area contributed by atoms with Gasteiger partial charge in [0.1, 0.15) is 5.82 Å². The lowest BCUT2D eigenvalue weighted by molar-refractivity contribution is 1.11. The normalized spacial score (nSPS) is 10.7. The van der Waals surface area contributed by atoms with E-state index in [1.807, 2.05) is 6.92 Å². The quantitative estimate of drug-likeness (QED) is 0.777. The summed E-state index contributed by atoms with van der Waals surface area (Å²) >= 11 is 1.40. The molecule has 1 heterocycles. The highest BCUT2D eigenvalue weighted by Crippen LogP contribution is 2.20. The number of benzene rings is 2. The van der Waals surface area contributed by atoms with Crippen LogP contribution in [0.2, 0.25) is 0 Å². The lowest BCUT2D eigenvalue weighted by Gasteiger charge is -2.06. The number of nitrogens with one attached hydrogen (secondary N) is 1. The number of fused-ring (bicyclic) bond motifs is 1. The molecule has 0 radical (unpaired) electrons. The van der Waals surface area contributed by atoms with E-state index in [4.69, 9.17) is 0 Å². The summed E-state index contributed by atoms with van der Waals surface area (Å²) in [5, 5.41) is 6.75. The number of hydrogen-bond acceptors (Lipinski definition) is 4. The molecule has 3 rings (SSSR count). The van der Waals surface area contributed by atoms with Gasteiger partial charge >= 0.3 is 0 Å². The topological polar surface area (TPSA) is 37.8 Å². The molecular formula is C14H13N3S. The number of aryl methyl sites for hydroxylation is 1. The highest BCUT2D eigenvalue weighted by Gasteiger charge is 2.02. The van der Waals surface area contributed by atoms with E-state index >= 15 is 0 Å². The van der Waals surface area contributed by atoms with Crippen LogP contribution in [0.25, 0.3) is 10.8 Å². The smallest absolute Gasteiger partial charge is 0.202 e. The Morgan fingerprint density at radius 1 is 1.11 bits per heavy atom. The van der Waals surface area contributed by atoms with Gasteiger partial charge in [0.05, 0.1) is 0 Å². The summed E-state index contributed by atoms with van der Waals surface area (Å²) in [4.78, 5) is 4.30. The standard InChI is InChI=1S/C14H13N3S/c1-10-16-14(18-17-10)15-9-12-7-4-6-11-5-2-3-8-13(11)12/h2-8H,9H2,1H3,(H,15,16,17). The zero-order valence-electron chi connectivity index (χ0n) is 10.1. The number of anilines is 1. The zero-order chi connectivity index (χ0) is 12.4. The highest BCUT2D eigenvalue weighted by molar-refractivity contribution is 7.09. The predicted molar refractivity (Wildman–Crippen MR) is 75.9 cm³/mol. The van der Waals surface area contributed by atoms with Crippen LogP contribution < -0.4 is 5.32 Å². The van der Waals surface area contributed by atoms with E-state index < -0.39 is 0 Å². The second kappa shape index (κ2) is 4.74. The SMILES string of the molecule is Cc1nsc(NCc2cccc3ccccc23)n1. The Hall–Kier alpha value is -1.94. The van der Waals surface area contributed by atoms with Crippen LogP contribution in [0, 0.1) is 6.92 Å². The third-order valence-electron chi connectivity index (χ3n) is 2.84. The molecule has 0 fully saturated rings. The van der Waals surface area contributed by atoms with Gasteiger partial charge in [0.25, 0.3) is 0 Å². The number of aromatic nitrogens is 2. The first kappa shape index (κ1) is 11.2. The van der Waals surface area contributed by atoms with Crippen molar-refractivity contribution >= 4 is 27.4 Å². The van der Waals surface area contributed by atoms with E-state index in [0.717, 1.165) is 17.5 Å². The third kappa shape index (κ3) is 2.19. The Balaban J connectivity index is 1.86. The van der Waals surface area contributed by atoms with Crippen LogP contribution in [0.1, 0.15) is 11.4 Å². The van der Waals surface area contributed by atoms with Crippen molar-refractivity contribution in [2.45, 2.75) is 13.5 Å². The van der Waals surface area contributed by atoms with Crippen molar-refractivity contribution in [1.82, 2.24) is 9.36 Å². The molecule has 90 valence electrons. The molecule has 0 atom stereocenters. The Kier molecular flexibility index (Phi) is 2.94. The first-order valence-electron chi connectivity index (χ1n) is 5.84. The summed E-state index contributed by atoms with van der Waals surface area (Å²) < 4.78 is 4.16. The van der Waals surface area contributed by atoms with Crippen molar-refractivity contribution in [2.75, 3.05) is 5.32 Å². The summed E-state index contributed by atoms with van der Waals surface area (Å²) in [5.74, 6) is 0.820. The molecule has 0 saturated carbocycles. The van der Waals surface area contributed by atoms with Gasteiger partial charge in [0.15, 0.2) is 0 Å². The van der Waals surface area contributed by atoms with Crippen LogP contribution in [-0.4, -0.2) is 9.36 Å². The average Bonchev–Trinajstić information content (AvgIpc) is 2.82. The number of rotatable bonds is 3. The molecule has 0 saturated heterocycles. The van der Waals surface area contributed by atoms with E-state index in [9.17, 15) is 0 Å². The van der Waals surface area contributed by atoms with Gasteiger partial charge in [-0.05, 0) is 23.3 Å². The Labute approximate surface area is 110 Å². The summed E-state index contributed by atoms with van der Waals surface area (Å²) in [6.45, 7) is 2.68. The summed E-state index contributed by atoms with van der Waals surface area (Å²) in [6.07, 6.45) is 0. The van der Waals surface area contributed by atoms with E-state index in [0.29, 0.717) is 0 Å². The minimum absolute atomic E-state index is 0.774. The zero-order valence-corrected chi connectivity index (χ0v) is 10.9. The second-order valence-corrected chi connectivity index (χ2v) is 4.89. The average molecular weight is 255 g/mol. The van der Waals surface area contributed by atoms with Gasteiger partial charge in [0.2, 0.25) is 5.13 Å². The molecular weight excluding hydrogens is 242 g/mol. The molecule has 0 spiro atoms. The molecule has 2 aromatic carbocycles. The van der Waals surface area contributed by atoms with Crippen LogP contribution in [0.4, 0.5) is 5.13 Å². The first-order chi connectivity index (χ1) is 8.83. The highest BCUT2D eigenvalue weighted by atomic mass is 32.1. The maximum Gasteiger partial charge on any atom is 0.202 e. The van der Waals surface area contributed by atoms with Crippen LogP contribution in [0.5, 0.6) is 0 Å². The molecule has 1 aromatic heterocycles. The van der Waals surface area contributed by atoms with E-state index in [2.05, 4.69) is 57.1 Å². The van der Waals surface area contributed by atoms with Crippen molar-refractivity contribution in [3.8, 4) is 0 Å². The van der Waals surface area contributed by atoms with Crippen molar-refractivity contribution in [3.63, 3.8) is 0 Å². The van der Waals surface area contributed by atoms with Gasteiger partial charge in [-0.1, -0.05) is 42.5 Å². The molecule has 0 aliphatic heterocycles. The molecule has 3 aromatic rings. The molecule has 0 amide bonds. The van der Waals surface area contributed by atoms with Crippen LogP contribution in [0.15, 0.2) is 42.5 Å². The van der Waals surface area contributed by atoms with E-state index in [1.54, 1.807) is 0 Å². The van der Waals surface area contributed by atoms with Crippen molar-refractivity contribution < 1.29 is 0 Å². The third-order valence-corrected chi connectivity index (χ3v) is 3.60. The molecule has 0 bridgehead atoms. The Morgan fingerprint density at radius 3 is 2.78 bits per heavy atom. The van der Waals surface area contributed by atoms with Crippen molar-refractivity contribution in [2.24, 2.45) is 0 Å². The van der Waals surface area contributed by atoms with Gasteiger partial charge in [-0.25, -0.2) is 4.98 Å². The predicted octanol–water partition coefficient (Wildman–Crippen LogP) is 3.61. The minimum Gasteiger partial charge on any atom is -0.356 e. The summed E-state index contributed by atoms with van der Waals surface area (Å²) in [7, 11) is 0. The Bertz CT molecular complexity index is 670. The molecule has 0 aliphatic rings. The van der Waals surface area contributed by atoms with Crippen LogP contribution >= 0.6 is 11.5 Å². The lowest BCUT2D eigenvalue weighted by Crippen LogP contribution is -1.99. The fourth-order valence-corrected chi connectivity index (χ4v) is 2.56. The maximum absolute atomic E-state index is 4.30. The Morgan fingerprint density at radius 2 is 1.94 bits per heavy atom. The number of nitrogens with zero attached hydrogens (tertiary/aromatic N) is 2. The van der Waals surface area contributed by atoms with Gasteiger partial charge < -0.3 is 5.32 Å². The van der Waals surface area contributed by atoms with Crippen LogP contribution in [0.3, 0.4) is 0 Å². The fraction of sp³-hybridized carbons (Fsp3) is 0.143. The van der Waals surface area contributed by atoms with Gasteiger partial charge in [-0.15, -0.1) is 0 Å². The summed E-state index contributed by atoms with van der Waals surface area (Å²) in [6, 6.07) is 14.8. The molecule has 0 aliphatic carbocycles. The van der Waals surface area contributed by atoms with E-state index in [-0.39, 0.29) is 0 Å². The first-order valence-corrected chi connectivity index (χ1v) is 6.61. The number of hydrogen-bond donors (Lipinski definition) is 1. The maximum atomic E-state index is 4.30. The fourth-order valence-electron chi connectivity index (χ4n) is 1.99. The second-order valence-electron chi connectivity index (χ2n) is 4.14. The van der Waals surface area contributed by atoms with Crippen molar-refractivity contribution in [1.29, 1.82) is 0 Å². The van der Waals surface area contributed by atoms with Gasteiger partial charge in [-0.2, -0.15) is 4.37 Å². The molecule has 0 unspecified atom stereocenters. The lowest BCUT2D eigenvalue weighted by atomic mass is 10.0.